The molecule has 1 aromatic rings. The van der Waals surface area contributed by atoms with Crippen LogP contribution in [-0.2, 0) is 21.2 Å². The second kappa shape index (κ2) is 7.93. The van der Waals surface area contributed by atoms with E-state index in [-0.39, 0.29) is 11.9 Å². The normalized spacial score (nSPS) is 19.1. The number of amides is 1. The highest BCUT2D eigenvalue weighted by Crippen LogP contribution is 2.22. The molecule has 1 atom stereocenters. The van der Waals surface area contributed by atoms with Crippen LogP contribution < -0.4 is 0 Å². The maximum Gasteiger partial charge on any atom is 0.239 e. The van der Waals surface area contributed by atoms with Gasteiger partial charge in [-0.1, -0.05) is 30.3 Å². The molecule has 1 aliphatic rings. The molecule has 0 radical (unpaired) electrons. The van der Waals surface area contributed by atoms with Gasteiger partial charge in [0.1, 0.15) is 5.75 Å². The first kappa shape index (κ1) is 17.9. The lowest BCUT2D eigenvalue weighted by Crippen LogP contribution is -2.47. The summed E-state index contributed by atoms with van der Waals surface area (Å²) in [5.74, 6) is -0.696. The van der Waals surface area contributed by atoms with E-state index in [0.717, 1.165) is 36.4 Å². The summed E-state index contributed by atoms with van der Waals surface area (Å²) in [4.78, 5) is 14.2. The third kappa shape index (κ3) is 5.04. The highest BCUT2D eigenvalue weighted by molar-refractivity contribution is 7.89. The first-order chi connectivity index (χ1) is 10.9. The topological polar surface area (TPSA) is 57.7 Å². The Bertz CT molecular complexity index is 614. The van der Waals surface area contributed by atoms with Crippen molar-refractivity contribution in [3.63, 3.8) is 0 Å². The molecule has 0 aromatic heterocycles. The van der Waals surface area contributed by atoms with Crippen molar-refractivity contribution in [1.29, 1.82) is 0 Å². The Labute approximate surface area is 139 Å². The van der Waals surface area contributed by atoms with Crippen LogP contribution in [0.5, 0.6) is 0 Å². The lowest BCUT2D eigenvalue weighted by atomic mass is 9.96. The van der Waals surface area contributed by atoms with E-state index in [1.165, 1.54) is 19.7 Å². The molecule has 1 aromatic carbocycles. The molecule has 1 amide bonds. The quantitative estimate of drug-likeness (QED) is 0.796. The van der Waals surface area contributed by atoms with E-state index in [0.29, 0.717) is 6.54 Å². The molecular formula is C17H26N2O3S. The molecule has 5 nitrogen and oxygen atoms in total. The SMILES string of the molecule is CN(C)S(=O)(=O)CC(=O)N1CCCCC1CCc1ccccc1. The van der Waals surface area contributed by atoms with Crippen LogP contribution in [0.1, 0.15) is 31.2 Å². The molecule has 6 heteroatoms. The van der Waals surface area contributed by atoms with Crippen LogP contribution in [0.15, 0.2) is 30.3 Å². The Balaban J connectivity index is 1.99. The molecule has 2 rings (SSSR count). The van der Waals surface area contributed by atoms with Gasteiger partial charge in [0.25, 0.3) is 0 Å². The van der Waals surface area contributed by atoms with Crippen molar-refractivity contribution < 1.29 is 13.2 Å². The van der Waals surface area contributed by atoms with Gasteiger partial charge >= 0.3 is 0 Å². The minimum absolute atomic E-state index is 0.147. The fourth-order valence-corrected chi connectivity index (χ4v) is 3.71. The Morgan fingerprint density at radius 1 is 1.22 bits per heavy atom. The van der Waals surface area contributed by atoms with E-state index in [4.69, 9.17) is 0 Å². The van der Waals surface area contributed by atoms with E-state index in [2.05, 4.69) is 12.1 Å². The van der Waals surface area contributed by atoms with Crippen LogP contribution in [0.25, 0.3) is 0 Å². The zero-order chi connectivity index (χ0) is 16.9. The monoisotopic (exact) mass is 338 g/mol. The van der Waals surface area contributed by atoms with Gasteiger partial charge in [0.05, 0.1) is 0 Å². The summed E-state index contributed by atoms with van der Waals surface area (Å²) in [7, 11) is -0.567. The highest BCUT2D eigenvalue weighted by Gasteiger charge is 2.30. The molecule has 0 aliphatic carbocycles. The Kier molecular flexibility index (Phi) is 6.18. The molecule has 1 heterocycles. The zero-order valence-corrected chi connectivity index (χ0v) is 14.8. The van der Waals surface area contributed by atoms with Gasteiger partial charge in [0, 0.05) is 26.7 Å². The van der Waals surface area contributed by atoms with Crippen molar-refractivity contribution in [2.24, 2.45) is 0 Å². The number of benzene rings is 1. The van der Waals surface area contributed by atoms with Crippen LogP contribution in [0, 0.1) is 0 Å². The van der Waals surface area contributed by atoms with E-state index in [1.54, 1.807) is 4.90 Å². The first-order valence-electron chi connectivity index (χ1n) is 8.14. The first-order valence-corrected chi connectivity index (χ1v) is 9.74. The lowest BCUT2D eigenvalue weighted by molar-refractivity contribution is -0.132. The minimum atomic E-state index is -3.50. The molecule has 1 saturated heterocycles. The second-order valence-electron chi connectivity index (χ2n) is 6.30. The van der Waals surface area contributed by atoms with E-state index >= 15 is 0 Å². The fourth-order valence-electron chi connectivity index (χ4n) is 2.98. The number of carbonyl (C=O) groups is 1. The lowest BCUT2D eigenvalue weighted by Gasteiger charge is -2.36. The van der Waals surface area contributed by atoms with Crippen LogP contribution in [0.3, 0.4) is 0 Å². The molecule has 128 valence electrons. The summed E-state index contributed by atoms with van der Waals surface area (Å²) in [6, 6.07) is 10.4. The largest absolute Gasteiger partial charge is 0.339 e. The summed E-state index contributed by atoms with van der Waals surface area (Å²) in [5, 5.41) is 0. The predicted molar refractivity (Wildman–Crippen MR) is 91.6 cm³/mol. The average Bonchev–Trinajstić information content (AvgIpc) is 2.53. The van der Waals surface area contributed by atoms with Gasteiger partial charge in [-0.05, 0) is 37.7 Å². The number of nitrogens with zero attached hydrogens (tertiary/aromatic N) is 2. The third-order valence-electron chi connectivity index (χ3n) is 4.42. The molecule has 0 N–H and O–H groups in total. The number of sulfonamides is 1. The second-order valence-corrected chi connectivity index (χ2v) is 8.48. The van der Waals surface area contributed by atoms with Crippen LogP contribution in [0.2, 0.25) is 0 Å². The van der Waals surface area contributed by atoms with Crippen LogP contribution in [-0.4, -0.2) is 56.0 Å². The van der Waals surface area contributed by atoms with Gasteiger partial charge in [-0.2, -0.15) is 0 Å². The van der Waals surface area contributed by atoms with Gasteiger partial charge in [-0.15, -0.1) is 0 Å². The van der Waals surface area contributed by atoms with Crippen molar-refractivity contribution in [3.05, 3.63) is 35.9 Å². The summed E-state index contributed by atoms with van der Waals surface area (Å²) in [6.45, 7) is 0.668. The Hall–Kier alpha value is -1.40. The fraction of sp³-hybridized carbons (Fsp3) is 0.588. The van der Waals surface area contributed by atoms with E-state index in [1.807, 2.05) is 18.2 Å². The number of carbonyl (C=O) groups excluding carboxylic acids is 1. The molecule has 1 aliphatic heterocycles. The number of rotatable bonds is 6. The zero-order valence-electron chi connectivity index (χ0n) is 13.9. The number of hydrogen-bond donors (Lipinski definition) is 0. The standard InChI is InChI=1S/C17H26N2O3S/c1-18(2)23(21,22)14-17(20)19-13-7-6-10-16(19)12-11-15-8-4-3-5-9-15/h3-5,8-9,16H,6-7,10-14H2,1-2H3. The molecular weight excluding hydrogens is 312 g/mol. The van der Waals surface area contributed by atoms with Gasteiger partial charge in [-0.25, -0.2) is 12.7 Å². The maximum atomic E-state index is 12.5. The van der Waals surface area contributed by atoms with Crippen molar-refractivity contribution >= 4 is 15.9 Å². The van der Waals surface area contributed by atoms with Crippen molar-refractivity contribution in [2.45, 2.75) is 38.1 Å². The van der Waals surface area contributed by atoms with E-state index < -0.39 is 15.8 Å². The number of hydrogen-bond acceptors (Lipinski definition) is 3. The average molecular weight is 338 g/mol. The number of piperidine rings is 1. The molecule has 0 bridgehead atoms. The van der Waals surface area contributed by atoms with E-state index in [9.17, 15) is 13.2 Å². The number of aryl methyl sites for hydroxylation is 1. The van der Waals surface area contributed by atoms with Crippen LogP contribution >= 0.6 is 0 Å². The molecule has 23 heavy (non-hydrogen) atoms. The smallest absolute Gasteiger partial charge is 0.239 e. The predicted octanol–water partition coefficient (Wildman–Crippen LogP) is 1.89. The minimum Gasteiger partial charge on any atom is -0.339 e. The summed E-state index contributed by atoms with van der Waals surface area (Å²) >= 11 is 0. The Morgan fingerprint density at radius 3 is 2.57 bits per heavy atom. The third-order valence-corrected chi connectivity index (χ3v) is 6.14. The van der Waals surface area contributed by atoms with Crippen LogP contribution in [0.4, 0.5) is 0 Å². The van der Waals surface area contributed by atoms with Crippen molar-refractivity contribution in [1.82, 2.24) is 9.21 Å². The summed E-state index contributed by atoms with van der Waals surface area (Å²) < 4.78 is 25.0. The van der Waals surface area contributed by atoms with Crippen molar-refractivity contribution in [3.8, 4) is 0 Å². The maximum absolute atomic E-state index is 12.5. The molecule has 0 saturated carbocycles. The molecule has 0 spiro atoms. The summed E-state index contributed by atoms with van der Waals surface area (Å²) in [5.41, 5.74) is 1.26. The number of likely N-dealkylation sites (tertiary alicyclic amines) is 1. The Morgan fingerprint density at radius 2 is 1.91 bits per heavy atom. The molecule has 1 unspecified atom stereocenters. The highest BCUT2D eigenvalue weighted by atomic mass is 32.2. The molecule has 1 fully saturated rings. The van der Waals surface area contributed by atoms with Gasteiger partial charge < -0.3 is 4.90 Å². The van der Waals surface area contributed by atoms with Gasteiger partial charge in [0.15, 0.2) is 0 Å². The van der Waals surface area contributed by atoms with Gasteiger partial charge in [0.2, 0.25) is 15.9 Å². The van der Waals surface area contributed by atoms with Gasteiger partial charge in [-0.3, -0.25) is 4.79 Å². The van der Waals surface area contributed by atoms with Crippen molar-refractivity contribution in [2.75, 3.05) is 26.4 Å². The summed E-state index contributed by atoms with van der Waals surface area (Å²) in [6.07, 6.45) is 4.81.